The number of hydrogen-bond donors (Lipinski definition) is 1. The molecule has 0 amide bonds. The average Bonchev–Trinajstić information content (AvgIpc) is 2.47. The van der Waals surface area contributed by atoms with E-state index in [2.05, 4.69) is 18.7 Å². The zero-order valence-electron chi connectivity index (χ0n) is 10.4. The fourth-order valence-corrected chi connectivity index (χ4v) is 3.45. The van der Waals surface area contributed by atoms with Gasteiger partial charge in [0.25, 0.3) is 0 Å². The van der Waals surface area contributed by atoms with E-state index in [1.54, 1.807) is 0 Å². The highest BCUT2D eigenvalue weighted by Crippen LogP contribution is 2.43. The largest absolute Gasteiger partial charge is 0.324 e. The van der Waals surface area contributed by atoms with Crippen LogP contribution in [-0.2, 0) is 0 Å². The fraction of sp³-hybridized carbons (Fsp3) is 1.00. The molecule has 1 saturated heterocycles. The van der Waals surface area contributed by atoms with Crippen molar-refractivity contribution in [3.05, 3.63) is 0 Å². The lowest BCUT2D eigenvalue weighted by molar-refractivity contribution is 0.175. The molecule has 0 aromatic rings. The van der Waals surface area contributed by atoms with Gasteiger partial charge in [-0.1, -0.05) is 19.3 Å². The van der Waals surface area contributed by atoms with E-state index in [4.69, 9.17) is 5.73 Å². The predicted octanol–water partition coefficient (Wildman–Crippen LogP) is 2.38. The van der Waals surface area contributed by atoms with Gasteiger partial charge in [0.1, 0.15) is 0 Å². The molecule has 1 aliphatic carbocycles. The van der Waals surface area contributed by atoms with Crippen molar-refractivity contribution < 1.29 is 0 Å². The fourth-order valence-electron chi connectivity index (χ4n) is 3.45. The van der Waals surface area contributed by atoms with Gasteiger partial charge in [0.2, 0.25) is 0 Å². The van der Waals surface area contributed by atoms with E-state index in [0.717, 1.165) is 6.54 Å². The van der Waals surface area contributed by atoms with Crippen LogP contribution in [0.2, 0.25) is 0 Å². The first-order valence-corrected chi connectivity index (χ1v) is 6.51. The molecule has 15 heavy (non-hydrogen) atoms. The summed E-state index contributed by atoms with van der Waals surface area (Å²) in [5.74, 6) is 0. The highest BCUT2D eigenvalue weighted by Gasteiger charge is 2.39. The predicted molar refractivity (Wildman–Crippen MR) is 64.8 cm³/mol. The molecule has 1 aliphatic heterocycles. The van der Waals surface area contributed by atoms with E-state index >= 15 is 0 Å². The van der Waals surface area contributed by atoms with Crippen LogP contribution in [0.1, 0.15) is 52.4 Å². The third-order valence-electron chi connectivity index (χ3n) is 4.06. The first kappa shape index (κ1) is 11.4. The number of hydrogen-bond acceptors (Lipinski definition) is 2. The van der Waals surface area contributed by atoms with E-state index in [-0.39, 0.29) is 5.54 Å². The molecule has 1 saturated carbocycles. The summed E-state index contributed by atoms with van der Waals surface area (Å²) < 4.78 is 0. The van der Waals surface area contributed by atoms with Gasteiger partial charge >= 0.3 is 0 Å². The Balaban J connectivity index is 1.88. The van der Waals surface area contributed by atoms with Gasteiger partial charge in [0, 0.05) is 18.6 Å². The minimum atomic E-state index is -0.0276. The molecule has 2 heteroatoms. The van der Waals surface area contributed by atoms with E-state index in [1.165, 1.54) is 51.6 Å². The van der Waals surface area contributed by atoms with Gasteiger partial charge in [-0.05, 0) is 45.1 Å². The summed E-state index contributed by atoms with van der Waals surface area (Å²) in [4.78, 5) is 2.59. The number of rotatable bonds is 2. The van der Waals surface area contributed by atoms with Crippen LogP contribution < -0.4 is 5.73 Å². The van der Waals surface area contributed by atoms with Gasteiger partial charge in [0.15, 0.2) is 0 Å². The quantitative estimate of drug-likeness (QED) is 0.758. The molecule has 2 nitrogen and oxygen atoms in total. The van der Waals surface area contributed by atoms with Crippen LogP contribution in [0, 0.1) is 5.41 Å². The Bertz CT molecular complexity index is 211. The summed E-state index contributed by atoms with van der Waals surface area (Å²) in [6.07, 6.45) is 8.73. The van der Waals surface area contributed by atoms with Gasteiger partial charge < -0.3 is 10.6 Å². The standard InChI is InChI=1S/C13H26N2/c1-12(2,14)10-15-9-8-13(11-15)6-4-3-5-7-13/h3-11,14H2,1-2H3. The molecule has 0 radical (unpaired) electrons. The lowest BCUT2D eigenvalue weighted by Crippen LogP contribution is -2.45. The van der Waals surface area contributed by atoms with Gasteiger partial charge in [-0.2, -0.15) is 0 Å². The zero-order valence-corrected chi connectivity index (χ0v) is 10.4. The summed E-state index contributed by atoms with van der Waals surface area (Å²) >= 11 is 0. The third kappa shape index (κ3) is 2.94. The highest BCUT2D eigenvalue weighted by molar-refractivity contribution is 4.93. The monoisotopic (exact) mass is 210 g/mol. The minimum Gasteiger partial charge on any atom is -0.324 e. The van der Waals surface area contributed by atoms with Crippen molar-refractivity contribution in [1.82, 2.24) is 4.90 Å². The number of nitrogens with zero attached hydrogens (tertiary/aromatic N) is 1. The molecule has 88 valence electrons. The molecule has 0 aromatic heterocycles. The Morgan fingerprint density at radius 2 is 1.80 bits per heavy atom. The highest BCUT2D eigenvalue weighted by atomic mass is 15.2. The summed E-state index contributed by atoms with van der Waals surface area (Å²) in [6, 6.07) is 0. The maximum atomic E-state index is 6.09. The molecule has 1 heterocycles. The first-order valence-electron chi connectivity index (χ1n) is 6.51. The van der Waals surface area contributed by atoms with Crippen molar-refractivity contribution >= 4 is 0 Å². The van der Waals surface area contributed by atoms with Crippen molar-refractivity contribution in [3.63, 3.8) is 0 Å². The second-order valence-electron chi connectivity index (χ2n) is 6.51. The van der Waals surface area contributed by atoms with Crippen LogP contribution in [-0.4, -0.2) is 30.1 Å². The van der Waals surface area contributed by atoms with Crippen LogP contribution >= 0.6 is 0 Å². The van der Waals surface area contributed by atoms with Crippen LogP contribution in [0.5, 0.6) is 0 Å². The van der Waals surface area contributed by atoms with Crippen molar-refractivity contribution in [2.75, 3.05) is 19.6 Å². The smallest absolute Gasteiger partial charge is 0.0226 e. The molecule has 1 spiro atoms. The minimum absolute atomic E-state index is 0.0276. The maximum Gasteiger partial charge on any atom is 0.0226 e. The first-order chi connectivity index (χ1) is 6.99. The number of nitrogens with two attached hydrogens (primary N) is 1. The summed E-state index contributed by atoms with van der Waals surface area (Å²) in [7, 11) is 0. The number of likely N-dealkylation sites (tertiary alicyclic amines) is 1. The normalized spacial score (nSPS) is 27.4. The molecule has 0 unspecified atom stereocenters. The van der Waals surface area contributed by atoms with E-state index < -0.39 is 0 Å². The van der Waals surface area contributed by atoms with E-state index in [0.29, 0.717) is 5.41 Å². The molecule has 2 rings (SSSR count). The molecular formula is C13H26N2. The van der Waals surface area contributed by atoms with Gasteiger partial charge in [0.05, 0.1) is 0 Å². The summed E-state index contributed by atoms with van der Waals surface area (Å²) in [5, 5.41) is 0. The topological polar surface area (TPSA) is 29.3 Å². The summed E-state index contributed by atoms with van der Waals surface area (Å²) in [5.41, 5.74) is 6.75. The molecule has 2 aliphatic rings. The van der Waals surface area contributed by atoms with Crippen molar-refractivity contribution in [3.8, 4) is 0 Å². The van der Waals surface area contributed by atoms with Crippen molar-refractivity contribution in [2.45, 2.75) is 57.9 Å². The SMILES string of the molecule is CC(C)(N)CN1CCC2(CCCCC2)C1. The Morgan fingerprint density at radius 3 is 2.40 bits per heavy atom. The van der Waals surface area contributed by atoms with Crippen LogP contribution in [0.3, 0.4) is 0 Å². The Morgan fingerprint density at radius 1 is 1.13 bits per heavy atom. The zero-order chi connectivity index (χ0) is 10.9. The Labute approximate surface area is 94.2 Å². The third-order valence-corrected chi connectivity index (χ3v) is 4.06. The molecule has 2 N–H and O–H groups in total. The van der Waals surface area contributed by atoms with Gasteiger partial charge in [-0.15, -0.1) is 0 Å². The molecular weight excluding hydrogens is 184 g/mol. The lowest BCUT2D eigenvalue weighted by atomic mass is 9.73. The van der Waals surface area contributed by atoms with Crippen LogP contribution in [0.25, 0.3) is 0 Å². The van der Waals surface area contributed by atoms with Gasteiger partial charge in [-0.25, -0.2) is 0 Å². The van der Waals surface area contributed by atoms with E-state index in [1.807, 2.05) is 0 Å². The molecule has 0 bridgehead atoms. The van der Waals surface area contributed by atoms with Crippen molar-refractivity contribution in [1.29, 1.82) is 0 Å². The Kier molecular flexibility index (Phi) is 3.09. The maximum absolute atomic E-state index is 6.09. The van der Waals surface area contributed by atoms with E-state index in [9.17, 15) is 0 Å². The molecule has 2 fully saturated rings. The molecule has 0 atom stereocenters. The average molecular weight is 210 g/mol. The van der Waals surface area contributed by atoms with Crippen molar-refractivity contribution in [2.24, 2.45) is 11.1 Å². The second kappa shape index (κ2) is 4.06. The lowest BCUT2D eigenvalue weighted by Gasteiger charge is -2.34. The van der Waals surface area contributed by atoms with Gasteiger partial charge in [-0.3, -0.25) is 0 Å². The second-order valence-corrected chi connectivity index (χ2v) is 6.51. The Hall–Kier alpha value is -0.0800. The summed E-state index contributed by atoms with van der Waals surface area (Å²) in [6.45, 7) is 7.93. The van der Waals surface area contributed by atoms with Crippen LogP contribution in [0.15, 0.2) is 0 Å². The molecule has 0 aromatic carbocycles. The van der Waals surface area contributed by atoms with Crippen LogP contribution in [0.4, 0.5) is 0 Å².